The number of benzene rings is 3. The van der Waals surface area contributed by atoms with Crippen LogP contribution < -0.4 is 15.0 Å². The molecule has 1 unspecified atom stereocenters. The zero-order chi connectivity index (χ0) is 49.8. The average molecular weight is 994 g/mol. The standard InChI is InChI=1S/C57H65F2N9O5/c1-3-39-44(58)9-6-36-25-38(69)27-42(47(36)39)50-48(59)51-43(30-60-50)52(68-19-4-13-57(32-68)18-24-73-57)63-54(62-51)72-33-56(14-15-56)31-66-22-16-55(17-23-66)28-37(29-55)67-20-11-34(12-21-67)35-5-7-40-45(26-35)65(2)64-49(40)41-8-10-46(70)61-53(41)71/h5-7,9,25-27,30,34,37,41,69H,3-4,8,10-24,28-29,31-33H2,1-2H3,(H,61,70,71)/t41?,57-/m0/s1. The number of hydrogen-bond donors (Lipinski definition) is 2. The van der Waals surface area contributed by atoms with Crippen molar-refractivity contribution < 1.29 is 33.0 Å². The number of halogens is 2. The van der Waals surface area contributed by atoms with E-state index in [2.05, 4.69) is 43.2 Å². The summed E-state index contributed by atoms with van der Waals surface area (Å²) in [5.41, 5.74) is 4.17. The summed E-state index contributed by atoms with van der Waals surface area (Å²) in [4.78, 5) is 46.5. The van der Waals surface area contributed by atoms with Gasteiger partial charge in [-0.2, -0.15) is 15.1 Å². The molecule has 7 fully saturated rings. The SMILES string of the molecule is CCc1c(F)ccc2cc(O)cc(-c3ncc4c(N5CCC[C@]6(CCO6)C5)nc(OCC5(CN6CCC7(CC6)CC(N6CCC(c8ccc9c(C%10CCC(=O)NC%10=O)nn(C)c9c8)CC6)C7)CC5)nc4c3F)c12. The van der Waals surface area contributed by atoms with Gasteiger partial charge in [-0.05, 0) is 161 Å². The Bertz CT molecular complexity index is 3180. The van der Waals surface area contributed by atoms with Crippen LogP contribution in [0.15, 0.2) is 48.7 Å². The number of rotatable bonds is 11. The smallest absolute Gasteiger partial charge is 0.319 e. The molecule has 73 heavy (non-hydrogen) atoms. The van der Waals surface area contributed by atoms with Crippen molar-refractivity contribution >= 4 is 50.2 Å². The van der Waals surface area contributed by atoms with Crippen molar-refractivity contribution in [3.8, 4) is 23.0 Å². The highest BCUT2D eigenvalue weighted by Crippen LogP contribution is 2.54. The van der Waals surface area contributed by atoms with Gasteiger partial charge >= 0.3 is 6.01 Å². The Morgan fingerprint density at radius 2 is 1.73 bits per heavy atom. The van der Waals surface area contributed by atoms with E-state index in [0.29, 0.717) is 82.9 Å². The molecule has 2 spiro atoms. The third kappa shape index (κ3) is 8.39. The van der Waals surface area contributed by atoms with Crippen LogP contribution in [0.2, 0.25) is 0 Å². The number of nitrogens with one attached hydrogen (secondary N) is 1. The molecule has 5 aliphatic heterocycles. The van der Waals surface area contributed by atoms with Gasteiger partial charge in [-0.3, -0.25) is 24.6 Å². The second-order valence-corrected chi connectivity index (χ2v) is 23.0. The number of imide groups is 1. The number of carbonyl (C=O) groups is 2. The van der Waals surface area contributed by atoms with E-state index in [0.717, 1.165) is 107 Å². The molecule has 16 heteroatoms. The van der Waals surface area contributed by atoms with E-state index in [4.69, 9.17) is 24.5 Å². The number of anilines is 1. The van der Waals surface area contributed by atoms with Crippen molar-refractivity contribution in [2.45, 2.75) is 120 Å². The summed E-state index contributed by atoms with van der Waals surface area (Å²) < 4.78 is 47.1. The van der Waals surface area contributed by atoms with Crippen LogP contribution in [0.3, 0.4) is 0 Å². The van der Waals surface area contributed by atoms with Gasteiger partial charge in [0.2, 0.25) is 11.8 Å². The number of pyridine rings is 1. The summed E-state index contributed by atoms with van der Waals surface area (Å²) in [6.07, 6.45) is 15.1. The highest BCUT2D eigenvalue weighted by molar-refractivity contribution is 6.03. The minimum atomic E-state index is -0.662. The molecule has 2 N–H and O–H groups in total. The van der Waals surface area contributed by atoms with E-state index in [1.54, 1.807) is 18.3 Å². The Morgan fingerprint density at radius 3 is 2.47 bits per heavy atom. The van der Waals surface area contributed by atoms with Crippen LogP contribution in [0, 0.1) is 22.5 Å². The molecule has 2 saturated carbocycles. The average Bonchev–Trinajstić information content (AvgIpc) is 4.07. The maximum atomic E-state index is 17.3. The number of fused-ring (bicyclic) bond motifs is 3. The summed E-state index contributed by atoms with van der Waals surface area (Å²) >= 11 is 0. The minimum Gasteiger partial charge on any atom is -0.508 e. The second kappa shape index (κ2) is 17.9. The van der Waals surface area contributed by atoms with E-state index in [1.165, 1.54) is 43.4 Å². The summed E-state index contributed by atoms with van der Waals surface area (Å²) in [7, 11) is 1.95. The van der Waals surface area contributed by atoms with Crippen molar-refractivity contribution in [2.75, 3.05) is 63.9 Å². The number of amides is 2. The van der Waals surface area contributed by atoms with Gasteiger partial charge < -0.3 is 29.3 Å². The fourth-order valence-electron chi connectivity index (χ4n) is 13.9. The molecule has 0 bridgehead atoms. The number of nitrogens with zero attached hydrogens (tertiary/aromatic N) is 8. The van der Waals surface area contributed by atoms with Crippen LogP contribution in [0.5, 0.6) is 11.8 Å². The Balaban J connectivity index is 0.655. The lowest BCUT2D eigenvalue weighted by Crippen LogP contribution is -2.56. The highest BCUT2D eigenvalue weighted by Gasteiger charge is 2.51. The van der Waals surface area contributed by atoms with Crippen LogP contribution in [-0.2, 0) is 27.8 Å². The molecular weight excluding hydrogens is 929 g/mol. The third-order valence-electron chi connectivity index (χ3n) is 18.5. The normalized spacial score (nSPS) is 24.7. The van der Waals surface area contributed by atoms with Gasteiger partial charge in [0.15, 0.2) is 5.82 Å². The van der Waals surface area contributed by atoms with Gasteiger partial charge in [-0.25, -0.2) is 8.78 Å². The van der Waals surface area contributed by atoms with Crippen LogP contribution in [-0.4, -0.2) is 122 Å². The predicted octanol–water partition coefficient (Wildman–Crippen LogP) is 8.84. The number of phenols is 1. The third-order valence-corrected chi connectivity index (χ3v) is 18.5. The summed E-state index contributed by atoms with van der Waals surface area (Å²) in [5.74, 6) is -0.888. The van der Waals surface area contributed by atoms with Gasteiger partial charge in [-0.1, -0.05) is 25.1 Å². The van der Waals surface area contributed by atoms with E-state index in [1.807, 2.05) is 18.7 Å². The van der Waals surface area contributed by atoms with Crippen molar-refractivity contribution in [3.05, 3.63) is 77.1 Å². The first kappa shape index (κ1) is 46.9. The van der Waals surface area contributed by atoms with E-state index in [9.17, 15) is 14.7 Å². The molecule has 14 nitrogen and oxygen atoms in total. The lowest BCUT2D eigenvalue weighted by Gasteiger charge is -2.56. The Kier molecular flexibility index (Phi) is 11.5. The van der Waals surface area contributed by atoms with Gasteiger partial charge in [0.1, 0.15) is 28.6 Å². The number of aryl methyl sites for hydroxylation is 2. The summed E-state index contributed by atoms with van der Waals surface area (Å²) in [6, 6.07) is 13.5. The number of phenolic OH excluding ortho intramolecular Hbond substituents is 1. The fraction of sp³-hybridized carbons (Fsp3) is 0.544. The fourth-order valence-corrected chi connectivity index (χ4v) is 13.9. The molecule has 3 aromatic heterocycles. The molecule has 6 aromatic rings. The molecule has 2 aliphatic carbocycles. The highest BCUT2D eigenvalue weighted by atomic mass is 19.1. The van der Waals surface area contributed by atoms with Crippen molar-refractivity contribution in [3.63, 3.8) is 0 Å². The number of piperidine rings is 4. The lowest BCUT2D eigenvalue weighted by atomic mass is 9.59. The van der Waals surface area contributed by atoms with Gasteiger partial charge in [0, 0.05) is 68.1 Å². The molecule has 3 aromatic carbocycles. The molecule has 13 rings (SSSR count). The largest absolute Gasteiger partial charge is 0.508 e. The number of ether oxygens (including phenoxy) is 2. The molecule has 2 atom stereocenters. The van der Waals surface area contributed by atoms with Crippen molar-refractivity contribution in [1.82, 2.24) is 39.8 Å². The molecule has 7 aliphatic rings. The predicted molar refractivity (Wildman–Crippen MR) is 274 cm³/mol. The summed E-state index contributed by atoms with van der Waals surface area (Å²) in [5, 5.41) is 20.6. The Hall–Kier alpha value is -5.84. The van der Waals surface area contributed by atoms with E-state index in [-0.39, 0.29) is 51.6 Å². The van der Waals surface area contributed by atoms with Crippen LogP contribution >= 0.6 is 0 Å². The van der Waals surface area contributed by atoms with E-state index >= 15 is 8.78 Å². The monoisotopic (exact) mass is 994 g/mol. The van der Waals surface area contributed by atoms with Gasteiger partial charge in [0.05, 0.1) is 41.3 Å². The second-order valence-electron chi connectivity index (χ2n) is 23.0. The molecule has 2 amide bonds. The zero-order valence-electron chi connectivity index (χ0n) is 42.0. The zero-order valence-corrected chi connectivity index (χ0v) is 42.0. The van der Waals surface area contributed by atoms with Gasteiger partial charge in [0.25, 0.3) is 0 Å². The number of hydrogen-bond acceptors (Lipinski definition) is 12. The summed E-state index contributed by atoms with van der Waals surface area (Å²) in [6.45, 7) is 9.77. The number of carbonyl (C=O) groups excluding carboxylic acids is 2. The molecule has 5 saturated heterocycles. The van der Waals surface area contributed by atoms with E-state index < -0.39 is 11.7 Å². The maximum Gasteiger partial charge on any atom is 0.319 e. The Morgan fingerprint density at radius 1 is 0.918 bits per heavy atom. The van der Waals surface area contributed by atoms with Crippen LogP contribution in [0.25, 0.3) is 43.8 Å². The lowest BCUT2D eigenvalue weighted by molar-refractivity contribution is -0.151. The molecule has 382 valence electrons. The molecule has 0 radical (unpaired) electrons. The number of aromatic nitrogens is 5. The van der Waals surface area contributed by atoms with Gasteiger partial charge in [-0.15, -0.1) is 0 Å². The first-order valence-electron chi connectivity index (χ1n) is 27.0. The number of likely N-dealkylation sites (tertiary alicyclic amines) is 2. The maximum absolute atomic E-state index is 17.3. The van der Waals surface area contributed by atoms with Crippen LogP contribution in [0.1, 0.15) is 119 Å². The quantitative estimate of drug-likeness (QED) is 0.119. The first-order valence-corrected chi connectivity index (χ1v) is 27.0. The van der Waals surface area contributed by atoms with Crippen molar-refractivity contribution in [2.24, 2.45) is 17.9 Å². The Labute approximate surface area is 423 Å². The van der Waals surface area contributed by atoms with Crippen molar-refractivity contribution in [1.29, 1.82) is 0 Å². The molecule has 8 heterocycles. The first-order chi connectivity index (χ1) is 35.4. The topological polar surface area (TPSA) is 151 Å². The van der Waals surface area contributed by atoms with Crippen LogP contribution in [0.4, 0.5) is 14.6 Å². The molecular formula is C57H65F2N9O5. The minimum absolute atomic E-state index is 0.00796. The number of aromatic hydroxyl groups is 1.